The van der Waals surface area contributed by atoms with Gasteiger partial charge in [0, 0.05) is 10.0 Å². The molecule has 0 heterocycles. The van der Waals surface area contributed by atoms with Crippen LogP contribution in [0.2, 0.25) is 10.0 Å². The molecule has 0 atom stereocenters. The summed E-state index contributed by atoms with van der Waals surface area (Å²) in [5, 5.41) is 4.68. The minimum absolute atomic E-state index is 0.296. The molecule has 1 aromatic carbocycles. The molecular weight excluding hydrogens is 251 g/mol. The normalized spacial score (nSPS) is 10.4. The molecule has 1 aromatic rings. The summed E-state index contributed by atoms with van der Waals surface area (Å²) in [6, 6.07) is 4.95. The summed E-state index contributed by atoms with van der Waals surface area (Å²) in [6.45, 7) is 2.00. The Morgan fingerprint density at radius 2 is 2.06 bits per heavy atom. The molecule has 86 valence electrons. The number of hydrazone groups is 1. The monoisotopic (exact) mass is 260 g/mol. The summed E-state index contributed by atoms with van der Waals surface area (Å²) >= 11 is 11.6. The van der Waals surface area contributed by atoms with E-state index < -0.39 is 6.09 Å². The van der Waals surface area contributed by atoms with Gasteiger partial charge in [-0.05, 0) is 30.7 Å². The van der Waals surface area contributed by atoms with E-state index in [1.54, 1.807) is 25.1 Å². The van der Waals surface area contributed by atoms with Crippen LogP contribution in [-0.4, -0.2) is 18.9 Å². The quantitative estimate of drug-likeness (QED) is 0.671. The number of benzene rings is 1. The van der Waals surface area contributed by atoms with Crippen molar-refractivity contribution in [1.29, 1.82) is 0 Å². The molecule has 0 aliphatic heterocycles. The van der Waals surface area contributed by atoms with Crippen LogP contribution in [-0.2, 0) is 4.74 Å². The van der Waals surface area contributed by atoms with E-state index in [0.717, 1.165) is 0 Å². The molecule has 0 saturated carbocycles. The molecule has 4 nitrogen and oxygen atoms in total. The summed E-state index contributed by atoms with van der Waals surface area (Å²) in [7, 11) is 0. The average Bonchev–Trinajstić information content (AvgIpc) is 2.16. The van der Waals surface area contributed by atoms with Crippen LogP contribution in [0.4, 0.5) is 4.79 Å². The zero-order valence-corrected chi connectivity index (χ0v) is 10.0. The highest BCUT2D eigenvalue weighted by atomic mass is 35.5. The fraction of sp³-hybridized carbons (Fsp3) is 0.200. The molecule has 6 heteroatoms. The SMILES string of the molecule is CCOC(=O)N/N=C/c1cc(Cl)cc(Cl)c1. The van der Waals surface area contributed by atoms with E-state index in [9.17, 15) is 4.79 Å². The van der Waals surface area contributed by atoms with Gasteiger partial charge in [-0.15, -0.1) is 0 Å². The van der Waals surface area contributed by atoms with Crippen molar-refractivity contribution in [1.82, 2.24) is 5.43 Å². The molecule has 0 aromatic heterocycles. The molecule has 0 bridgehead atoms. The van der Waals surface area contributed by atoms with Crippen LogP contribution in [0.5, 0.6) is 0 Å². The first-order chi connectivity index (χ1) is 7.61. The van der Waals surface area contributed by atoms with Crippen molar-refractivity contribution in [3.8, 4) is 0 Å². The fourth-order valence-corrected chi connectivity index (χ4v) is 1.52. The summed E-state index contributed by atoms with van der Waals surface area (Å²) in [5.41, 5.74) is 2.88. The van der Waals surface area contributed by atoms with E-state index in [-0.39, 0.29) is 0 Å². The molecule has 0 fully saturated rings. The highest BCUT2D eigenvalue weighted by Crippen LogP contribution is 2.17. The Morgan fingerprint density at radius 1 is 1.44 bits per heavy atom. The van der Waals surface area contributed by atoms with Crippen LogP contribution in [0.15, 0.2) is 23.3 Å². The van der Waals surface area contributed by atoms with E-state index in [0.29, 0.717) is 22.2 Å². The molecule has 0 spiro atoms. The Labute approximate surface area is 103 Å². The number of hydrogen-bond donors (Lipinski definition) is 1. The predicted octanol–water partition coefficient (Wildman–Crippen LogP) is 3.07. The van der Waals surface area contributed by atoms with Crippen molar-refractivity contribution in [2.75, 3.05) is 6.61 Å². The number of rotatable bonds is 3. The van der Waals surface area contributed by atoms with E-state index in [2.05, 4.69) is 15.3 Å². The van der Waals surface area contributed by atoms with Gasteiger partial charge in [0.25, 0.3) is 0 Å². The van der Waals surface area contributed by atoms with Crippen LogP contribution in [0.3, 0.4) is 0 Å². The number of nitrogens with zero attached hydrogens (tertiary/aromatic N) is 1. The van der Waals surface area contributed by atoms with Gasteiger partial charge in [0.1, 0.15) is 0 Å². The summed E-state index contributed by atoms with van der Waals surface area (Å²) in [5.74, 6) is 0. The molecular formula is C10H10Cl2N2O2. The minimum Gasteiger partial charge on any atom is -0.449 e. The van der Waals surface area contributed by atoms with Gasteiger partial charge in [0.05, 0.1) is 12.8 Å². The molecule has 0 unspecified atom stereocenters. The Morgan fingerprint density at radius 3 is 2.62 bits per heavy atom. The second-order valence-corrected chi connectivity index (χ2v) is 3.67. The Hall–Kier alpha value is -1.26. The van der Waals surface area contributed by atoms with Crippen molar-refractivity contribution in [3.05, 3.63) is 33.8 Å². The van der Waals surface area contributed by atoms with Gasteiger partial charge in [-0.2, -0.15) is 5.10 Å². The summed E-state index contributed by atoms with van der Waals surface area (Å²) < 4.78 is 4.61. The fourth-order valence-electron chi connectivity index (χ4n) is 0.973. The largest absolute Gasteiger partial charge is 0.449 e. The maximum atomic E-state index is 10.9. The molecule has 1 amide bonds. The Bertz CT molecular complexity index is 388. The van der Waals surface area contributed by atoms with Crippen molar-refractivity contribution in [2.24, 2.45) is 5.10 Å². The lowest BCUT2D eigenvalue weighted by Gasteiger charge is -1.99. The van der Waals surface area contributed by atoms with Gasteiger partial charge in [-0.25, -0.2) is 10.2 Å². The molecule has 0 radical (unpaired) electrons. The van der Waals surface area contributed by atoms with Crippen LogP contribution in [0.25, 0.3) is 0 Å². The van der Waals surface area contributed by atoms with Crippen molar-refractivity contribution in [2.45, 2.75) is 6.92 Å². The number of halogens is 2. The van der Waals surface area contributed by atoms with Crippen LogP contribution < -0.4 is 5.43 Å². The topological polar surface area (TPSA) is 50.7 Å². The number of carbonyl (C=O) groups excluding carboxylic acids is 1. The first kappa shape index (κ1) is 12.8. The van der Waals surface area contributed by atoms with Gasteiger partial charge in [0.2, 0.25) is 0 Å². The molecule has 1 rings (SSSR count). The van der Waals surface area contributed by atoms with Gasteiger partial charge >= 0.3 is 6.09 Å². The number of amides is 1. The van der Waals surface area contributed by atoms with Crippen molar-refractivity contribution >= 4 is 35.5 Å². The zero-order valence-electron chi connectivity index (χ0n) is 8.54. The van der Waals surface area contributed by atoms with E-state index >= 15 is 0 Å². The summed E-state index contributed by atoms with van der Waals surface area (Å²) in [6.07, 6.45) is 0.821. The number of ether oxygens (including phenoxy) is 1. The second kappa shape index (κ2) is 6.35. The zero-order chi connectivity index (χ0) is 12.0. The van der Waals surface area contributed by atoms with E-state index in [1.165, 1.54) is 6.21 Å². The maximum Gasteiger partial charge on any atom is 0.427 e. The van der Waals surface area contributed by atoms with Crippen LogP contribution in [0.1, 0.15) is 12.5 Å². The maximum absolute atomic E-state index is 10.9. The lowest BCUT2D eigenvalue weighted by molar-refractivity contribution is 0.152. The summed E-state index contributed by atoms with van der Waals surface area (Å²) in [4.78, 5) is 10.9. The van der Waals surface area contributed by atoms with E-state index in [4.69, 9.17) is 23.2 Å². The van der Waals surface area contributed by atoms with Gasteiger partial charge in [-0.3, -0.25) is 0 Å². The third-order valence-electron chi connectivity index (χ3n) is 1.53. The Kier molecular flexibility index (Phi) is 5.08. The third kappa shape index (κ3) is 4.51. The minimum atomic E-state index is -0.605. The van der Waals surface area contributed by atoms with Crippen molar-refractivity contribution in [3.63, 3.8) is 0 Å². The lowest BCUT2D eigenvalue weighted by Crippen LogP contribution is -2.18. The first-order valence-corrected chi connectivity index (χ1v) is 5.29. The molecule has 1 N–H and O–H groups in total. The standard InChI is InChI=1S/C10H10Cl2N2O2/c1-2-16-10(15)14-13-6-7-3-8(11)5-9(12)4-7/h3-6H,2H2,1H3,(H,14,15)/b13-6+. The third-order valence-corrected chi connectivity index (χ3v) is 1.97. The van der Waals surface area contributed by atoms with E-state index in [1.807, 2.05) is 0 Å². The highest BCUT2D eigenvalue weighted by Gasteiger charge is 1.97. The van der Waals surface area contributed by atoms with Crippen LogP contribution in [0, 0.1) is 0 Å². The first-order valence-electron chi connectivity index (χ1n) is 4.53. The molecule has 0 aliphatic carbocycles. The van der Waals surface area contributed by atoms with Crippen LogP contribution >= 0.6 is 23.2 Å². The second-order valence-electron chi connectivity index (χ2n) is 2.79. The Balaban J connectivity index is 2.59. The molecule has 0 aliphatic rings. The molecule has 0 saturated heterocycles. The average molecular weight is 261 g/mol. The van der Waals surface area contributed by atoms with Crippen molar-refractivity contribution < 1.29 is 9.53 Å². The van der Waals surface area contributed by atoms with Gasteiger partial charge in [0.15, 0.2) is 0 Å². The lowest BCUT2D eigenvalue weighted by atomic mass is 10.2. The number of carbonyl (C=O) groups is 1. The van der Waals surface area contributed by atoms with Gasteiger partial charge < -0.3 is 4.74 Å². The van der Waals surface area contributed by atoms with Gasteiger partial charge in [-0.1, -0.05) is 23.2 Å². The number of hydrogen-bond acceptors (Lipinski definition) is 3. The smallest absolute Gasteiger partial charge is 0.427 e. The predicted molar refractivity (Wildman–Crippen MR) is 64.2 cm³/mol. The molecule has 16 heavy (non-hydrogen) atoms. The highest BCUT2D eigenvalue weighted by molar-refractivity contribution is 6.35. The number of nitrogens with one attached hydrogen (secondary N) is 1.